The first-order valence-electron chi connectivity index (χ1n) is 6.92. The number of benzene rings is 1. The fourth-order valence-electron chi connectivity index (χ4n) is 2.32. The summed E-state index contributed by atoms with van der Waals surface area (Å²) in [6.45, 7) is 6.14. The zero-order valence-electron chi connectivity index (χ0n) is 12.5. The van der Waals surface area contributed by atoms with Crippen LogP contribution in [-0.4, -0.2) is 32.1 Å². The number of likely N-dealkylation sites (N-methyl/N-ethyl adjacent to an activating group) is 2. The van der Waals surface area contributed by atoms with Crippen molar-refractivity contribution in [1.29, 1.82) is 5.26 Å². The third-order valence-electron chi connectivity index (χ3n) is 3.71. The maximum Gasteiger partial charge on any atom is 0.144 e. The summed E-state index contributed by atoms with van der Waals surface area (Å²) in [4.78, 5) is 2.24. The van der Waals surface area contributed by atoms with Gasteiger partial charge in [0.1, 0.15) is 5.54 Å². The van der Waals surface area contributed by atoms with E-state index in [-0.39, 0.29) is 0 Å². The maximum atomic E-state index is 9.63. The van der Waals surface area contributed by atoms with E-state index < -0.39 is 5.54 Å². The fraction of sp³-hybridized carbons (Fsp3) is 0.562. The summed E-state index contributed by atoms with van der Waals surface area (Å²) >= 11 is 0. The van der Waals surface area contributed by atoms with E-state index in [4.69, 9.17) is 0 Å². The molecule has 0 saturated heterocycles. The lowest BCUT2D eigenvalue weighted by atomic mass is 9.90. The highest BCUT2D eigenvalue weighted by Crippen LogP contribution is 2.21. The standard InChI is InChI=1S/C16H25N3/c1-5-14(2)11-19(4)13-16(12-17,18-3)15-9-7-6-8-10-15/h6-10,14,18H,5,11,13H2,1-4H3. The molecule has 1 N–H and O–H groups in total. The van der Waals surface area contributed by atoms with Crippen LogP contribution in [0.15, 0.2) is 30.3 Å². The molecule has 19 heavy (non-hydrogen) atoms. The van der Waals surface area contributed by atoms with Crippen LogP contribution >= 0.6 is 0 Å². The molecule has 1 aromatic carbocycles. The molecule has 0 aliphatic heterocycles. The van der Waals surface area contributed by atoms with Gasteiger partial charge in [-0.25, -0.2) is 0 Å². The van der Waals surface area contributed by atoms with E-state index in [9.17, 15) is 5.26 Å². The molecule has 0 heterocycles. The zero-order chi connectivity index (χ0) is 14.3. The molecule has 3 nitrogen and oxygen atoms in total. The summed E-state index contributed by atoms with van der Waals surface area (Å²) in [5.74, 6) is 0.647. The van der Waals surface area contributed by atoms with Crippen molar-refractivity contribution in [3.63, 3.8) is 0 Å². The molecule has 0 bridgehead atoms. The first kappa shape index (κ1) is 15.7. The third-order valence-corrected chi connectivity index (χ3v) is 3.71. The van der Waals surface area contributed by atoms with Crippen molar-refractivity contribution in [2.45, 2.75) is 25.8 Å². The molecule has 2 unspecified atom stereocenters. The van der Waals surface area contributed by atoms with Crippen molar-refractivity contribution >= 4 is 0 Å². The minimum Gasteiger partial charge on any atom is -0.303 e. The largest absolute Gasteiger partial charge is 0.303 e. The molecule has 104 valence electrons. The summed E-state index contributed by atoms with van der Waals surface area (Å²) in [6.07, 6.45) is 1.16. The van der Waals surface area contributed by atoms with Gasteiger partial charge >= 0.3 is 0 Å². The number of nitrogens with one attached hydrogen (secondary N) is 1. The molecule has 3 heteroatoms. The van der Waals surface area contributed by atoms with Gasteiger partial charge in [-0.15, -0.1) is 0 Å². The van der Waals surface area contributed by atoms with Crippen molar-refractivity contribution in [1.82, 2.24) is 10.2 Å². The molecular formula is C16H25N3. The van der Waals surface area contributed by atoms with Gasteiger partial charge in [0.2, 0.25) is 0 Å². The van der Waals surface area contributed by atoms with E-state index in [0.29, 0.717) is 12.5 Å². The molecule has 0 radical (unpaired) electrons. The summed E-state index contributed by atoms with van der Waals surface area (Å²) in [5, 5.41) is 12.8. The Kier molecular flexibility index (Phi) is 6.01. The lowest BCUT2D eigenvalue weighted by Crippen LogP contribution is -2.48. The smallest absolute Gasteiger partial charge is 0.144 e. The zero-order valence-corrected chi connectivity index (χ0v) is 12.5. The number of rotatable bonds is 7. The van der Waals surface area contributed by atoms with Gasteiger partial charge in [-0.05, 0) is 25.6 Å². The minimum atomic E-state index is -0.635. The highest BCUT2D eigenvalue weighted by molar-refractivity contribution is 5.31. The van der Waals surface area contributed by atoms with Crippen LogP contribution in [0, 0.1) is 17.2 Å². The molecule has 0 aliphatic carbocycles. The third kappa shape index (κ3) is 4.05. The number of hydrogen-bond donors (Lipinski definition) is 1. The Hall–Kier alpha value is -1.37. The Labute approximate surface area is 117 Å². The van der Waals surface area contributed by atoms with E-state index in [2.05, 4.69) is 37.2 Å². The van der Waals surface area contributed by atoms with Crippen LogP contribution < -0.4 is 5.32 Å². The van der Waals surface area contributed by atoms with Gasteiger partial charge in [-0.3, -0.25) is 5.32 Å². The SMILES string of the molecule is CCC(C)CN(C)CC(C#N)(NC)c1ccccc1. The predicted octanol–water partition coefficient (Wildman–Crippen LogP) is 2.60. The van der Waals surface area contributed by atoms with Gasteiger partial charge in [0, 0.05) is 13.1 Å². The molecule has 0 fully saturated rings. The molecule has 1 aromatic rings. The molecule has 2 atom stereocenters. The maximum absolute atomic E-state index is 9.63. The predicted molar refractivity (Wildman–Crippen MR) is 79.7 cm³/mol. The Bertz CT molecular complexity index is 410. The number of nitrogens with zero attached hydrogens (tertiary/aromatic N) is 2. The molecule has 0 saturated carbocycles. The second-order valence-corrected chi connectivity index (χ2v) is 5.34. The van der Waals surface area contributed by atoms with Crippen LogP contribution in [0.1, 0.15) is 25.8 Å². The monoisotopic (exact) mass is 259 g/mol. The molecule has 0 aliphatic rings. The van der Waals surface area contributed by atoms with E-state index >= 15 is 0 Å². The lowest BCUT2D eigenvalue weighted by Gasteiger charge is -2.32. The lowest BCUT2D eigenvalue weighted by molar-refractivity contribution is 0.228. The summed E-state index contributed by atoms with van der Waals surface area (Å²) in [5.41, 5.74) is 0.389. The van der Waals surface area contributed by atoms with Gasteiger partial charge in [0.25, 0.3) is 0 Å². The Morgan fingerprint density at radius 2 is 2.00 bits per heavy atom. The average molecular weight is 259 g/mol. The Balaban J connectivity index is 2.87. The molecule has 0 amide bonds. The van der Waals surface area contributed by atoms with Crippen molar-refractivity contribution in [3.05, 3.63) is 35.9 Å². The van der Waals surface area contributed by atoms with E-state index in [1.165, 1.54) is 0 Å². The van der Waals surface area contributed by atoms with E-state index in [1.807, 2.05) is 37.4 Å². The van der Waals surface area contributed by atoms with Crippen LogP contribution in [0.3, 0.4) is 0 Å². The van der Waals surface area contributed by atoms with Crippen molar-refractivity contribution in [2.75, 3.05) is 27.2 Å². The van der Waals surface area contributed by atoms with Crippen molar-refractivity contribution in [2.24, 2.45) is 5.92 Å². The topological polar surface area (TPSA) is 39.1 Å². The number of hydrogen-bond acceptors (Lipinski definition) is 3. The summed E-state index contributed by atoms with van der Waals surface area (Å²) < 4.78 is 0. The second kappa shape index (κ2) is 7.28. The van der Waals surface area contributed by atoms with Gasteiger partial charge < -0.3 is 4.90 Å². The molecule has 0 aromatic heterocycles. The van der Waals surface area contributed by atoms with Crippen LogP contribution in [0.2, 0.25) is 0 Å². The van der Waals surface area contributed by atoms with Crippen LogP contribution in [0.25, 0.3) is 0 Å². The Morgan fingerprint density at radius 3 is 2.47 bits per heavy atom. The molecular weight excluding hydrogens is 234 g/mol. The summed E-state index contributed by atoms with van der Waals surface area (Å²) in [6, 6.07) is 12.4. The van der Waals surface area contributed by atoms with Crippen LogP contribution in [-0.2, 0) is 5.54 Å². The van der Waals surface area contributed by atoms with Gasteiger partial charge in [0.15, 0.2) is 0 Å². The highest BCUT2D eigenvalue weighted by Gasteiger charge is 2.31. The summed E-state index contributed by atoms with van der Waals surface area (Å²) in [7, 11) is 3.94. The van der Waals surface area contributed by atoms with E-state index in [1.54, 1.807) is 0 Å². The normalized spacial score (nSPS) is 15.8. The average Bonchev–Trinajstić information content (AvgIpc) is 2.45. The second-order valence-electron chi connectivity index (χ2n) is 5.34. The van der Waals surface area contributed by atoms with Gasteiger partial charge in [-0.1, -0.05) is 50.6 Å². The minimum absolute atomic E-state index is 0.635. The Morgan fingerprint density at radius 1 is 1.37 bits per heavy atom. The first-order valence-corrected chi connectivity index (χ1v) is 6.92. The first-order chi connectivity index (χ1) is 9.07. The van der Waals surface area contributed by atoms with Crippen molar-refractivity contribution < 1.29 is 0 Å². The van der Waals surface area contributed by atoms with E-state index in [0.717, 1.165) is 18.5 Å². The fourth-order valence-corrected chi connectivity index (χ4v) is 2.32. The van der Waals surface area contributed by atoms with Crippen LogP contribution in [0.5, 0.6) is 0 Å². The highest BCUT2D eigenvalue weighted by atomic mass is 15.1. The van der Waals surface area contributed by atoms with Gasteiger partial charge in [0.05, 0.1) is 6.07 Å². The van der Waals surface area contributed by atoms with Gasteiger partial charge in [-0.2, -0.15) is 5.26 Å². The van der Waals surface area contributed by atoms with Crippen molar-refractivity contribution in [3.8, 4) is 6.07 Å². The van der Waals surface area contributed by atoms with Crippen LogP contribution in [0.4, 0.5) is 0 Å². The number of nitriles is 1. The molecule has 1 rings (SSSR count). The molecule has 0 spiro atoms. The quantitative estimate of drug-likeness (QED) is 0.818.